The molecule has 3 aliphatic rings. The van der Waals surface area contributed by atoms with E-state index in [4.69, 9.17) is 34.8 Å². The quantitative estimate of drug-likeness (QED) is 0.609. The largest absolute Gasteiger partial charge is 0.293 e. The van der Waals surface area contributed by atoms with Crippen molar-refractivity contribution in [3.8, 4) is 0 Å². The van der Waals surface area contributed by atoms with Crippen molar-refractivity contribution in [2.24, 2.45) is 10.8 Å². The summed E-state index contributed by atoms with van der Waals surface area (Å²) in [5.74, 6) is 0.00335. The number of allylic oxidation sites excluding steroid dienone is 2. The standard InChI is InChI=1S/C11H11Cl3O/c12-7-2-5-9-3-1-4-10(9,6-8(7)15)11(9,13)14/h2H,1,3-6H2/t9-,10+/m1/s1. The molecule has 0 saturated heterocycles. The molecule has 0 bridgehead atoms. The van der Waals surface area contributed by atoms with Crippen LogP contribution in [0, 0.1) is 10.8 Å². The van der Waals surface area contributed by atoms with Gasteiger partial charge in [-0.2, -0.15) is 0 Å². The number of carbonyl (C=O) groups excluding carboxylic acids is 1. The van der Waals surface area contributed by atoms with Crippen LogP contribution in [0.15, 0.2) is 11.1 Å². The van der Waals surface area contributed by atoms with Crippen LogP contribution in [-0.4, -0.2) is 10.1 Å². The van der Waals surface area contributed by atoms with Crippen LogP contribution in [0.2, 0.25) is 0 Å². The maximum atomic E-state index is 11.8. The molecular weight excluding hydrogens is 254 g/mol. The Labute approximate surface area is 104 Å². The third-order valence-corrected chi connectivity index (χ3v) is 6.43. The monoisotopic (exact) mass is 264 g/mol. The number of carbonyl (C=O) groups is 1. The first-order valence-electron chi connectivity index (χ1n) is 5.24. The first-order valence-corrected chi connectivity index (χ1v) is 6.37. The van der Waals surface area contributed by atoms with Crippen molar-refractivity contribution >= 4 is 40.6 Å². The number of halogens is 3. The third-order valence-electron chi connectivity index (χ3n) is 4.62. The van der Waals surface area contributed by atoms with Crippen LogP contribution in [-0.2, 0) is 4.79 Å². The predicted molar refractivity (Wildman–Crippen MR) is 61.3 cm³/mol. The van der Waals surface area contributed by atoms with Crippen LogP contribution in [0.4, 0.5) is 0 Å². The van der Waals surface area contributed by atoms with Crippen molar-refractivity contribution < 1.29 is 4.79 Å². The minimum Gasteiger partial charge on any atom is -0.293 e. The highest BCUT2D eigenvalue weighted by molar-refractivity contribution is 6.53. The molecule has 0 aromatic carbocycles. The van der Waals surface area contributed by atoms with E-state index in [9.17, 15) is 4.79 Å². The second-order valence-electron chi connectivity index (χ2n) is 4.95. The lowest BCUT2D eigenvalue weighted by molar-refractivity contribution is -0.116. The molecule has 2 saturated carbocycles. The van der Waals surface area contributed by atoms with Crippen molar-refractivity contribution in [2.45, 2.75) is 36.4 Å². The summed E-state index contributed by atoms with van der Waals surface area (Å²) in [5.41, 5.74) is -0.261. The van der Waals surface area contributed by atoms with E-state index < -0.39 is 4.33 Å². The SMILES string of the molecule is O=C1C[C@@]23CCC[C@]2(CC=C1Cl)C3(Cl)Cl. The highest BCUT2D eigenvalue weighted by atomic mass is 35.5. The molecule has 3 aliphatic carbocycles. The van der Waals surface area contributed by atoms with Gasteiger partial charge in [-0.1, -0.05) is 24.1 Å². The molecule has 0 aliphatic heterocycles. The maximum Gasteiger partial charge on any atom is 0.174 e. The average molecular weight is 266 g/mol. The molecule has 0 spiro atoms. The van der Waals surface area contributed by atoms with Gasteiger partial charge in [-0.3, -0.25) is 4.79 Å². The van der Waals surface area contributed by atoms with Crippen molar-refractivity contribution in [1.82, 2.24) is 0 Å². The van der Waals surface area contributed by atoms with E-state index in [1.165, 1.54) is 0 Å². The molecule has 82 valence electrons. The molecule has 0 aromatic rings. The molecule has 0 unspecified atom stereocenters. The highest BCUT2D eigenvalue weighted by Gasteiger charge is 2.87. The van der Waals surface area contributed by atoms with E-state index in [1.54, 1.807) is 0 Å². The molecule has 3 rings (SSSR count). The van der Waals surface area contributed by atoms with Gasteiger partial charge >= 0.3 is 0 Å². The second-order valence-corrected chi connectivity index (χ2v) is 6.68. The van der Waals surface area contributed by atoms with Crippen LogP contribution >= 0.6 is 34.8 Å². The average Bonchev–Trinajstić information content (AvgIpc) is 2.48. The summed E-state index contributed by atoms with van der Waals surface area (Å²) in [7, 11) is 0. The summed E-state index contributed by atoms with van der Waals surface area (Å²) in [4.78, 5) is 11.8. The Morgan fingerprint density at radius 3 is 2.60 bits per heavy atom. The molecule has 2 fully saturated rings. The van der Waals surface area contributed by atoms with Crippen molar-refractivity contribution in [1.29, 1.82) is 0 Å². The Bertz CT molecular complexity index is 387. The summed E-state index contributed by atoms with van der Waals surface area (Å²) in [6.45, 7) is 0. The molecule has 0 heterocycles. The zero-order valence-corrected chi connectivity index (χ0v) is 10.4. The van der Waals surface area contributed by atoms with Crippen LogP contribution in [0.25, 0.3) is 0 Å². The molecule has 0 amide bonds. The van der Waals surface area contributed by atoms with Crippen LogP contribution in [0.1, 0.15) is 32.1 Å². The number of hydrogen-bond acceptors (Lipinski definition) is 1. The molecule has 0 N–H and O–H groups in total. The summed E-state index contributed by atoms with van der Waals surface area (Å²) in [6, 6.07) is 0. The van der Waals surface area contributed by atoms with Gasteiger partial charge in [0, 0.05) is 17.3 Å². The lowest BCUT2D eigenvalue weighted by Gasteiger charge is -2.15. The van der Waals surface area contributed by atoms with Gasteiger partial charge < -0.3 is 0 Å². The van der Waals surface area contributed by atoms with Crippen LogP contribution < -0.4 is 0 Å². The molecule has 15 heavy (non-hydrogen) atoms. The van der Waals surface area contributed by atoms with Crippen molar-refractivity contribution in [2.75, 3.05) is 0 Å². The van der Waals surface area contributed by atoms with Gasteiger partial charge in [-0.15, -0.1) is 23.2 Å². The summed E-state index contributed by atoms with van der Waals surface area (Å²) >= 11 is 18.7. The van der Waals surface area contributed by atoms with Gasteiger partial charge in [0.05, 0.1) is 5.03 Å². The fourth-order valence-corrected chi connectivity index (χ4v) is 5.20. The number of Topliss-reactive ketones (excluding diaryl/α,β-unsaturated/α-hetero) is 1. The fourth-order valence-electron chi connectivity index (χ4n) is 3.76. The zero-order valence-electron chi connectivity index (χ0n) is 8.16. The summed E-state index contributed by atoms with van der Waals surface area (Å²) < 4.78 is -0.706. The third kappa shape index (κ3) is 0.924. The number of ketones is 1. The lowest BCUT2D eigenvalue weighted by atomic mass is 9.91. The van der Waals surface area contributed by atoms with E-state index in [1.807, 2.05) is 6.08 Å². The van der Waals surface area contributed by atoms with E-state index in [2.05, 4.69) is 0 Å². The number of hydrogen-bond donors (Lipinski definition) is 0. The van der Waals surface area contributed by atoms with Crippen molar-refractivity contribution in [3.63, 3.8) is 0 Å². The Hall–Kier alpha value is 0.280. The molecule has 0 aromatic heterocycles. The van der Waals surface area contributed by atoms with Gasteiger partial charge in [0.2, 0.25) is 0 Å². The highest BCUT2D eigenvalue weighted by Crippen LogP contribution is 2.88. The minimum absolute atomic E-state index is 0.00335. The van der Waals surface area contributed by atoms with Crippen molar-refractivity contribution in [3.05, 3.63) is 11.1 Å². The molecular formula is C11H11Cl3O. The smallest absolute Gasteiger partial charge is 0.174 e. The van der Waals surface area contributed by atoms with Crippen LogP contribution in [0.3, 0.4) is 0 Å². The molecule has 4 heteroatoms. The lowest BCUT2D eigenvalue weighted by Crippen LogP contribution is -2.14. The Morgan fingerprint density at radius 2 is 1.87 bits per heavy atom. The topological polar surface area (TPSA) is 17.1 Å². The predicted octanol–water partition coefficient (Wildman–Crippen LogP) is 3.82. The zero-order chi connectivity index (χ0) is 10.9. The Morgan fingerprint density at radius 1 is 1.20 bits per heavy atom. The number of alkyl halides is 2. The fraction of sp³-hybridized carbons (Fsp3) is 0.727. The van der Waals surface area contributed by atoms with E-state index >= 15 is 0 Å². The summed E-state index contributed by atoms with van der Waals surface area (Å²) in [6.07, 6.45) is 6.10. The van der Waals surface area contributed by atoms with Gasteiger partial charge in [0.25, 0.3) is 0 Å². The minimum atomic E-state index is -0.706. The van der Waals surface area contributed by atoms with Gasteiger partial charge in [-0.25, -0.2) is 0 Å². The first kappa shape index (κ1) is 10.4. The number of rotatable bonds is 0. The Balaban J connectivity index is 2.08. The van der Waals surface area contributed by atoms with Crippen LogP contribution in [0.5, 0.6) is 0 Å². The molecule has 0 radical (unpaired) electrons. The summed E-state index contributed by atoms with van der Waals surface area (Å²) in [5, 5.41) is 0.368. The van der Waals surface area contributed by atoms with E-state index in [0.717, 1.165) is 25.7 Å². The van der Waals surface area contributed by atoms with Gasteiger partial charge in [-0.05, 0) is 19.3 Å². The van der Waals surface area contributed by atoms with Gasteiger partial charge in [0.15, 0.2) is 5.78 Å². The molecule has 1 nitrogen and oxygen atoms in total. The maximum absolute atomic E-state index is 11.8. The Kier molecular flexibility index (Phi) is 1.91. The normalized spacial score (nSPS) is 46.6. The molecule has 2 atom stereocenters. The van der Waals surface area contributed by atoms with E-state index in [0.29, 0.717) is 11.5 Å². The first-order chi connectivity index (χ1) is 6.97. The van der Waals surface area contributed by atoms with Gasteiger partial charge in [0.1, 0.15) is 4.33 Å². The van der Waals surface area contributed by atoms with E-state index in [-0.39, 0.29) is 16.6 Å². The second kappa shape index (κ2) is 2.75.